The van der Waals surface area contributed by atoms with Gasteiger partial charge in [0, 0.05) is 19.8 Å². The van der Waals surface area contributed by atoms with E-state index in [2.05, 4.69) is 10.0 Å². The predicted octanol–water partition coefficient (Wildman–Crippen LogP) is 1.84. The zero-order valence-electron chi connectivity index (χ0n) is 14.8. The Bertz CT molecular complexity index is 612. The van der Waals surface area contributed by atoms with Gasteiger partial charge in [-0.25, -0.2) is 8.42 Å². The van der Waals surface area contributed by atoms with Gasteiger partial charge in [-0.2, -0.15) is 4.72 Å². The van der Waals surface area contributed by atoms with Crippen LogP contribution in [-0.4, -0.2) is 40.1 Å². The molecule has 1 rings (SSSR count). The van der Waals surface area contributed by atoms with Crippen molar-refractivity contribution in [3.63, 3.8) is 0 Å². The van der Waals surface area contributed by atoms with Crippen molar-refractivity contribution in [2.24, 2.45) is 5.92 Å². The van der Waals surface area contributed by atoms with E-state index < -0.39 is 16.1 Å². The van der Waals surface area contributed by atoms with Gasteiger partial charge in [0.05, 0.1) is 4.90 Å². The predicted molar refractivity (Wildman–Crippen MR) is 94.2 cm³/mol. The molecule has 2 N–H and O–H groups in total. The molecule has 136 valence electrons. The minimum atomic E-state index is -3.74. The highest BCUT2D eigenvalue weighted by Gasteiger charge is 2.28. The number of hydrogen-bond acceptors (Lipinski definition) is 4. The van der Waals surface area contributed by atoms with Crippen molar-refractivity contribution in [2.75, 3.05) is 19.8 Å². The molecular weight excluding hydrogens is 328 g/mol. The van der Waals surface area contributed by atoms with Gasteiger partial charge in [-0.05, 0) is 38.3 Å². The molecule has 0 aliphatic carbocycles. The van der Waals surface area contributed by atoms with E-state index in [9.17, 15) is 13.2 Å². The lowest BCUT2D eigenvalue weighted by Gasteiger charge is -2.21. The smallest absolute Gasteiger partial charge is 0.241 e. The molecular formula is C17H28N2O4S. The molecule has 0 saturated heterocycles. The number of ether oxygens (including phenoxy) is 1. The fourth-order valence-electron chi connectivity index (χ4n) is 2.09. The largest absolute Gasteiger partial charge is 0.382 e. The minimum absolute atomic E-state index is 0.155. The van der Waals surface area contributed by atoms with E-state index in [1.54, 1.807) is 12.1 Å². The van der Waals surface area contributed by atoms with Gasteiger partial charge in [0.1, 0.15) is 6.04 Å². The van der Waals surface area contributed by atoms with Crippen LogP contribution in [0.5, 0.6) is 0 Å². The van der Waals surface area contributed by atoms with Gasteiger partial charge >= 0.3 is 0 Å². The first-order valence-corrected chi connectivity index (χ1v) is 9.70. The van der Waals surface area contributed by atoms with Crippen molar-refractivity contribution in [3.8, 4) is 0 Å². The van der Waals surface area contributed by atoms with E-state index in [4.69, 9.17) is 4.74 Å². The summed E-state index contributed by atoms with van der Waals surface area (Å²) < 4.78 is 32.7. The molecule has 1 aromatic carbocycles. The van der Waals surface area contributed by atoms with Crippen LogP contribution in [0, 0.1) is 12.8 Å². The Morgan fingerprint density at radius 3 is 2.38 bits per heavy atom. The molecule has 0 aromatic heterocycles. The molecule has 1 atom stereocenters. The van der Waals surface area contributed by atoms with Crippen LogP contribution in [0.3, 0.4) is 0 Å². The van der Waals surface area contributed by atoms with Gasteiger partial charge in [0.15, 0.2) is 0 Å². The van der Waals surface area contributed by atoms with Crippen LogP contribution in [0.1, 0.15) is 32.8 Å². The highest BCUT2D eigenvalue weighted by molar-refractivity contribution is 7.89. The van der Waals surface area contributed by atoms with E-state index in [1.165, 1.54) is 12.1 Å². The number of rotatable bonds is 10. The third-order valence-corrected chi connectivity index (χ3v) is 4.99. The zero-order valence-corrected chi connectivity index (χ0v) is 15.7. The number of nitrogens with one attached hydrogen (secondary N) is 2. The molecule has 7 heteroatoms. The van der Waals surface area contributed by atoms with E-state index in [0.29, 0.717) is 26.2 Å². The zero-order chi connectivity index (χ0) is 18.2. The van der Waals surface area contributed by atoms with Gasteiger partial charge in [0.2, 0.25) is 15.9 Å². The normalized spacial score (nSPS) is 13.0. The standard InChI is InChI=1S/C17H28N2O4S/c1-5-23-12-6-11-18-17(20)16(13(2)3)19-24(21,22)15-9-7-14(4)8-10-15/h7-10,13,16,19H,5-6,11-12H2,1-4H3,(H,18,20)/t16-/m0/s1. The van der Waals surface area contributed by atoms with Gasteiger partial charge < -0.3 is 10.1 Å². The summed E-state index contributed by atoms with van der Waals surface area (Å²) in [6, 6.07) is 5.72. The van der Waals surface area contributed by atoms with Crippen LogP contribution in [0.4, 0.5) is 0 Å². The SMILES string of the molecule is CCOCCCNC(=O)[C@@H](NS(=O)(=O)c1ccc(C)cc1)C(C)C. The third-order valence-electron chi connectivity index (χ3n) is 3.53. The van der Waals surface area contributed by atoms with E-state index >= 15 is 0 Å². The number of hydrogen-bond donors (Lipinski definition) is 2. The van der Waals surface area contributed by atoms with Gasteiger partial charge in [-0.1, -0.05) is 31.5 Å². The van der Waals surface area contributed by atoms with Crippen LogP contribution in [0.25, 0.3) is 0 Å². The molecule has 0 bridgehead atoms. The van der Waals surface area contributed by atoms with Crippen molar-refractivity contribution >= 4 is 15.9 Å². The lowest BCUT2D eigenvalue weighted by atomic mass is 10.1. The summed E-state index contributed by atoms with van der Waals surface area (Å²) in [7, 11) is -3.74. The maximum Gasteiger partial charge on any atom is 0.241 e. The Balaban J connectivity index is 2.71. The van der Waals surface area contributed by atoms with E-state index in [0.717, 1.165) is 5.56 Å². The molecule has 0 aliphatic rings. The Hall–Kier alpha value is -1.44. The number of carbonyl (C=O) groups is 1. The molecule has 0 unspecified atom stereocenters. The molecule has 0 heterocycles. The number of amides is 1. The average molecular weight is 356 g/mol. The topological polar surface area (TPSA) is 84.5 Å². The highest BCUT2D eigenvalue weighted by Crippen LogP contribution is 2.13. The van der Waals surface area contributed by atoms with Crippen molar-refractivity contribution < 1.29 is 17.9 Å². The molecule has 0 radical (unpaired) electrons. The van der Waals surface area contributed by atoms with Crippen LogP contribution in [-0.2, 0) is 19.6 Å². The minimum Gasteiger partial charge on any atom is -0.382 e. The molecule has 0 aliphatic heterocycles. The number of aryl methyl sites for hydroxylation is 1. The summed E-state index contributed by atoms with van der Waals surface area (Å²) >= 11 is 0. The quantitative estimate of drug-likeness (QED) is 0.627. The number of sulfonamides is 1. The summed E-state index contributed by atoms with van der Waals surface area (Å²) in [6.07, 6.45) is 0.690. The maximum atomic E-state index is 12.5. The second-order valence-electron chi connectivity index (χ2n) is 6.00. The van der Waals surface area contributed by atoms with Crippen LogP contribution in [0.15, 0.2) is 29.2 Å². The highest BCUT2D eigenvalue weighted by atomic mass is 32.2. The third kappa shape index (κ3) is 6.59. The Morgan fingerprint density at radius 1 is 1.21 bits per heavy atom. The summed E-state index contributed by atoms with van der Waals surface area (Å²) in [5, 5.41) is 2.76. The number of carbonyl (C=O) groups excluding carboxylic acids is 1. The average Bonchev–Trinajstić information content (AvgIpc) is 2.52. The van der Waals surface area contributed by atoms with Gasteiger partial charge in [-0.15, -0.1) is 0 Å². The molecule has 0 saturated carbocycles. The van der Waals surface area contributed by atoms with Crippen molar-refractivity contribution in [1.82, 2.24) is 10.0 Å². The molecule has 1 amide bonds. The van der Waals surface area contributed by atoms with E-state index in [1.807, 2.05) is 27.7 Å². The molecule has 1 aromatic rings. The second-order valence-corrected chi connectivity index (χ2v) is 7.71. The van der Waals surface area contributed by atoms with Gasteiger partial charge in [0.25, 0.3) is 0 Å². The first kappa shape index (κ1) is 20.6. The summed E-state index contributed by atoms with van der Waals surface area (Å²) in [6.45, 7) is 9.07. The summed E-state index contributed by atoms with van der Waals surface area (Å²) in [5.74, 6) is -0.491. The van der Waals surface area contributed by atoms with E-state index in [-0.39, 0.29) is 16.7 Å². The van der Waals surface area contributed by atoms with Gasteiger partial charge in [-0.3, -0.25) is 4.79 Å². The molecule has 0 fully saturated rings. The van der Waals surface area contributed by atoms with Crippen molar-refractivity contribution in [1.29, 1.82) is 0 Å². The Morgan fingerprint density at radius 2 is 1.83 bits per heavy atom. The number of benzene rings is 1. The lowest BCUT2D eigenvalue weighted by molar-refractivity contribution is -0.123. The fraction of sp³-hybridized carbons (Fsp3) is 0.588. The molecule has 24 heavy (non-hydrogen) atoms. The summed E-state index contributed by atoms with van der Waals surface area (Å²) in [4.78, 5) is 12.5. The molecule has 6 nitrogen and oxygen atoms in total. The fourth-order valence-corrected chi connectivity index (χ4v) is 3.43. The Labute approximate surface area is 145 Å². The van der Waals surface area contributed by atoms with Crippen LogP contribution < -0.4 is 10.0 Å². The first-order valence-electron chi connectivity index (χ1n) is 8.22. The van der Waals surface area contributed by atoms with Crippen molar-refractivity contribution in [2.45, 2.75) is 45.1 Å². The second kappa shape index (κ2) is 9.76. The molecule has 0 spiro atoms. The monoisotopic (exact) mass is 356 g/mol. The lowest BCUT2D eigenvalue weighted by Crippen LogP contribution is -2.49. The van der Waals surface area contributed by atoms with Crippen molar-refractivity contribution in [3.05, 3.63) is 29.8 Å². The van der Waals surface area contributed by atoms with Crippen LogP contribution >= 0.6 is 0 Å². The maximum absolute atomic E-state index is 12.5. The Kier molecular flexibility index (Phi) is 8.38. The first-order chi connectivity index (χ1) is 11.3. The van der Waals surface area contributed by atoms with Crippen LogP contribution in [0.2, 0.25) is 0 Å². The summed E-state index contributed by atoms with van der Waals surface area (Å²) in [5.41, 5.74) is 0.974.